The summed E-state index contributed by atoms with van der Waals surface area (Å²) in [7, 11) is 0. The second-order valence-corrected chi connectivity index (χ2v) is 6.39. The Morgan fingerprint density at radius 1 is 1.17 bits per heavy atom. The van der Waals surface area contributed by atoms with Gasteiger partial charge in [-0.3, -0.25) is 14.5 Å². The minimum Gasteiger partial charge on any atom is -0.341 e. The van der Waals surface area contributed by atoms with Gasteiger partial charge in [0.05, 0.1) is 0 Å². The molecule has 1 atom stereocenters. The maximum absolute atomic E-state index is 13.1. The molecule has 2 heterocycles. The first-order chi connectivity index (χ1) is 11.4. The topological polar surface area (TPSA) is 69.7 Å². The van der Waals surface area contributed by atoms with Crippen LogP contribution in [0.15, 0.2) is 24.3 Å². The second-order valence-electron chi connectivity index (χ2n) is 6.39. The lowest BCUT2D eigenvalue weighted by Crippen LogP contribution is -2.45. The van der Waals surface area contributed by atoms with Crippen LogP contribution in [0.2, 0.25) is 0 Å². The summed E-state index contributed by atoms with van der Waals surface area (Å²) in [5.41, 5.74) is -0.803. The molecule has 0 aliphatic carbocycles. The quantitative estimate of drug-likeness (QED) is 0.854. The molecule has 1 aromatic rings. The van der Waals surface area contributed by atoms with Crippen LogP contribution < -0.4 is 5.32 Å². The van der Waals surface area contributed by atoms with E-state index < -0.39 is 23.3 Å². The van der Waals surface area contributed by atoms with Gasteiger partial charge in [-0.25, -0.2) is 9.18 Å². The van der Waals surface area contributed by atoms with E-state index in [1.807, 2.05) is 0 Å². The number of rotatable bonds is 3. The lowest BCUT2D eigenvalue weighted by molar-refractivity contribution is -0.139. The molecule has 0 aromatic heterocycles. The molecule has 0 bridgehead atoms. The normalized spacial score (nSPS) is 24.2. The third-order valence-electron chi connectivity index (χ3n) is 4.70. The van der Waals surface area contributed by atoms with Crippen molar-refractivity contribution < 1.29 is 18.8 Å². The summed E-state index contributed by atoms with van der Waals surface area (Å²) in [6.07, 6.45) is 2.98. The fourth-order valence-electron chi connectivity index (χ4n) is 3.20. The van der Waals surface area contributed by atoms with Crippen molar-refractivity contribution in [3.05, 3.63) is 35.6 Å². The Bertz CT molecular complexity index is 670. The highest BCUT2D eigenvalue weighted by atomic mass is 19.1. The van der Waals surface area contributed by atoms with Gasteiger partial charge in [-0.15, -0.1) is 0 Å². The van der Waals surface area contributed by atoms with Crippen LogP contribution in [-0.2, 0) is 15.1 Å². The fraction of sp³-hybridized carbons (Fsp3) is 0.471. The third kappa shape index (κ3) is 2.86. The van der Waals surface area contributed by atoms with E-state index in [1.54, 1.807) is 11.8 Å². The molecule has 7 heteroatoms. The van der Waals surface area contributed by atoms with Gasteiger partial charge in [0.2, 0.25) is 5.91 Å². The van der Waals surface area contributed by atoms with Gasteiger partial charge < -0.3 is 10.2 Å². The monoisotopic (exact) mass is 333 g/mol. The number of likely N-dealkylation sites (tertiary alicyclic amines) is 1. The Hall–Kier alpha value is -2.44. The van der Waals surface area contributed by atoms with Gasteiger partial charge in [-0.05, 0) is 43.9 Å². The Morgan fingerprint density at radius 2 is 1.79 bits per heavy atom. The van der Waals surface area contributed by atoms with Crippen LogP contribution in [0.5, 0.6) is 0 Å². The minimum atomic E-state index is -1.28. The second kappa shape index (κ2) is 6.22. The average Bonchev–Trinajstić information content (AvgIpc) is 2.80. The van der Waals surface area contributed by atoms with Crippen molar-refractivity contribution >= 4 is 17.8 Å². The van der Waals surface area contributed by atoms with Crippen LogP contribution in [0.25, 0.3) is 0 Å². The number of benzene rings is 1. The molecular weight excluding hydrogens is 313 g/mol. The standard InChI is InChI=1S/C17H20FN3O3/c1-17(12-5-7-13(18)8-6-12)15(23)21(16(24)19-17)11-14(22)20-9-3-2-4-10-20/h5-8H,2-4,9-11H2,1H3,(H,19,24)/t17-/m1/s1. The van der Waals surface area contributed by atoms with E-state index in [2.05, 4.69) is 5.32 Å². The number of hydrogen-bond donors (Lipinski definition) is 1. The molecular formula is C17H20FN3O3. The molecule has 3 rings (SSSR count). The number of amides is 4. The van der Waals surface area contributed by atoms with E-state index in [-0.39, 0.29) is 12.5 Å². The summed E-state index contributed by atoms with van der Waals surface area (Å²) in [6, 6.07) is 4.80. The highest BCUT2D eigenvalue weighted by Gasteiger charge is 2.49. The highest BCUT2D eigenvalue weighted by molar-refractivity contribution is 6.09. The van der Waals surface area contributed by atoms with Crippen molar-refractivity contribution in [2.24, 2.45) is 0 Å². The lowest BCUT2D eigenvalue weighted by atomic mass is 9.92. The van der Waals surface area contributed by atoms with E-state index in [1.165, 1.54) is 24.3 Å². The zero-order valence-corrected chi connectivity index (χ0v) is 13.5. The van der Waals surface area contributed by atoms with Crippen molar-refractivity contribution in [2.75, 3.05) is 19.6 Å². The summed E-state index contributed by atoms with van der Waals surface area (Å²) in [5, 5.41) is 2.62. The fourth-order valence-corrected chi connectivity index (χ4v) is 3.20. The van der Waals surface area contributed by atoms with Gasteiger partial charge in [-0.1, -0.05) is 12.1 Å². The molecule has 2 aliphatic rings. The molecule has 2 aliphatic heterocycles. The van der Waals surface area contributed by atoms with Crippen LogP contribution in [0.1, 0.15) is 31.7 Å². The largest absolute Gasteiger partial charge is 0.341 e. The summed E-state index contributed by atoms with van der Waals surface area (Å²) in [4.78, 5) is 39.9. The summed E-state index contributed by atoms with van der Waals surface area (Å²) in [5.74, 6) is -1.14. The summed E-state index contributed by atoms with van der Waals surface area (Å²) in [6.45, 7) is 2.63. The van der Waals surface area contributed by atoms with Crippen LogP contribution in [0.3, 0.4) is 0 Å². The molecule has 1 aromatic carbocycles. The molecule has 0 radical (unpaired) electrons. The number of nitrogens with one attached hydrogen (secondary N) is 1. The van der Waals surface area contributed by atoms with Crippen molar-refractivity contribution in [3.8, 4) is 0 Å². The Morgan fingerprint density at radius 3 is 2.42 bits per heavy atom. The van der Waals surface area contributed by atoms with Crippen LogP contribution >= 0.6 is 0 Å². The zero-order valence-electron chi connectivity index (χ0n) is 13.5. The number of carbonyl (C=O) groups excluding carboxylic acids is 3. The number of piperidine rings is 1. The molecule has 4 amide bonds. The first kappa shape index (κ1) is 16.4. The Balaban J connectivity index is 1.76. The predicted octanol–water partition coefficient (Wildman–Crippen LogP) is 1.61. The maximum atomic E-state index is 13.1. The molecule has 128 valence electrons. The van der Waals surface area contributed by atoms with Crippen molar-refractivity contribution in [1.82, 2.24) is 15.1 Å². The summed E-state index contributed by atoms with van der Waals surface area (Å²) >= 11 is 0. The van der Waals surface area contributed by atoms with Crippen LogP contribution in [0.4, 0.5) is 9.18 Å². The summed E-state index contributed by atoms with van der Waals surface area (Å²) < 4.78 is 13.1. The van der Waals surface area contributed by atoms with Gasteiger partial charge in [0.25, 0.3) is 5.91 Å². The van der Waals surface area contributed by atoms with E-state index in [4.69, 9.17) is 0 Å². The van der Waals surface area contributed by atoms with Gasteiger partial charge >= 0.3 is 6.03 Å². The SMILES string of the molecule is C[C@]1(c2ccc(F)cc2)NC(=O)N(CC(=O)N2CCCCC2)C1=O. The van der Waals surface area contributed by atoms with Gasteiger partial charge in [-0.2, -0.15) is 0 Å². The predicted molar refractivity (Wildman–Crippen MR) is 84.4 cm³/mol. The van der Waals surface area contributed by atoms with Crippen LogP contribution in [-0.4, -0.2) is 47.3 Å². The molecule has 0 saturated carbocycles. The molecule has 2 saturated heterocycles. The smallest absolute Gasteiger partial charge is 0.325 e. The van der Waals surface area contributed by atoms with Gasteiger partial charge in [0.1, 0.15) is 17.9 Å². The number of nitrogens with zero attached hydrogens (tertiary/aromatic N) is 2. The molecule has 0 spiro atoms. The van der Waals surface area contributed by atoms with Crippen molar-refractivity contribution in [1.29, 1.82) is 0 Å². The van der Waals surface area contributed by atoms with E-state index >= 15 is 0 Å². The molecule has 2 fully saturated rings. The lowest BCUT2D eigenvalue weighted by Gasteiger charge is -2.28. The third-order valence-corrected chi connectivity index (χ3v) is 4.70. The molecule has 1 N–H and O–H groups in total. The first-order valence-corrected chi connectivity index (χ1v) is 8.10. The van der Waals surface area contributed by atoms with E-state index in [0.29, 0.717) is 18.7 Å². The van der Waals surface area contributed by atoms with Crippen molar-refractivity contribution in [2.45, 2.75) is 31.7 Å². The number of urea groups is 1. The Kier molecular flexibility index (Phi) is 4.26. The first-order valence-electron chi connectivity index (χ1n) is 8.10. The highest BCUT2D eigenvalue weighted by Crippen LogP contribution is 2.29. The Labute approximate surface area is 139 Å². The molecule has 6 nitrogen and oxygen atoms in total. The van der Waals surface area contributed by atoms with E-state index in [0.717, 1.165) is 24.2 Å². The number of imide groups is 1. The number of carbonyl (C=O) groups is 3. The van der Waals surface area contributed by atoms with Gasteiger partial charge in [0, 0.05) is 13.1 Å². The molecule has 0 unspecified atom stereocenters. The maximum Gasteiger partial charge on any atom is 0.325 e. The van der Waals surface area contributed by atoms with E-state index in [9.17, 15) is 18.8 Å². The van der Waals surface area contributed by atoms with Crippen LogP contribution in [0, 0.1) is 5.82 Å². The average molecular weight is 333 g/mol. The minimum absolute atomic E-state index is 0.221. The van der Waals surface area contributed by atoms with Crippen molar-refractivity contribution in [3.63, 3.8) is 0 Å². The number of hydrogen-bond acceptors (Lipinski definition) is 3. The zero-order chi connectivity index (χ0) is 17.3. The molecule has 24 heavy (non-hydrogen) atoms. The van der Waals surface area contributed by atoms with Gasteiger partial charge in [0.15, 0.2) is 0 Å². The number of halogens is 1.